The zero-order valence-corrected chi connectivity index (χ0v) is 10.2. The summed E-state index contributed by atoms with van der Waals surface area (Å²) in [4.78, 5) is 18.6. The van der Waals surface area contributed by atoms with Gasteiger partial charge in [0, 0.05) is 13.8 Å². The van der Waals surface area contributed by atoms with E-state index in [-0.39, 0.29) is 13.2 Å². The Labute approximate surface area is 83.2 Å². The van der Waals surface area contributed by atoms with Crippen LogP contribution in [-0.2, 0) is 18.4 Å². The lowest BCUT2D eigenvalue weighted by atomic mass is 10.8. The van der Waals surface area contributed by atoms with Crippen molar-refractivity contribution in [2.24, 2.45) is 0 Å². The van der Waals surface area contributed by atoms with E-state index in [4.69, 9.17) is 0 Å². The summed E-state index contributed by atoms with van der Waals surface area (Å²) in [6.07, 6.45) is 0. The number of methoxy groups -OCH3 is 1. The largest absolute Gasteiger partial charge is 0.383 e. The summed E-state index contributed by atoms with van der Waals surface area (Å²) in [6.45, 7) is 2.27. The van der Waals surface area contributed by atoms with Crippen molar-refractivity contribution >= 4 is 15.0 Å². The minimum Gasteiger partial charge on any atom is -0.383 e. The van der Waals surface area contributed by atoms with Crippen LogP contribution < -0.4 is 0 Å². The van der Waals surface area contributed by atoms with Crippen molar-refractivity contribution in [3.05, 3.63) is 0 Å². The Morgan fingerprint density at radius 1 is 1.36 bits per heavy atom. The van der Waals surface area contributed by atoms with Gasteiger partial charge in [0.05, 0.1) is 13.2 Å². The molecule has 0 fully saturated rings. The second kappa shape index (κ2) is 5.40. The number of rotatable bonds is 6. The van der Waals surface area contributed by atoms with Crippen LogP contribution in [0.2, 0.25) is 0 Å². The van der Waals surface area contributed by atoms with Crippen LogP contribution in [0.15, 0.2) is 0 Å². The van der Waals surface area contributed by atoms with E-state index in [1.165, 1.54) is 14.0 Å². The predicted octanol–water partition coefficient (Wildman–Crippen LogP) is 1.08. The van der Waals surface area contributed by atoms with Gasteiger partial charge in [0.25, 0.3) is 0 Å². The molecule has 0 aromatic carbocycles. The van der Waals surface area contributed by atoms with Crippen molar-refractivity contribution < 1.29 is 28.2 Å². The van der Waals surface area contributed by atoms with Crippen molar-refractivity contribution in [3.63, 3.8) is 0 Å². The maximum absolute atomic E-state index is 11.5. The van der Waals surface area contributed by atoms with Crippen molar-refractivity contribution in [3.8, 4) is 0 Å². The Hall–Kier alpha value is 0.300. The molecule has 0 radical (unpaired) electrons. The van der Waals surface area contributed by atoms with Gasteiger partial charge >= 0.3 is 7.60 Å². The van der Waals surface area contributed by atoms with Crippen LogP contribution in [0.1, 0.15) is 6.92 Å². The molecule has 0 aliphatic heterocycles. The molecule has 0 aliphatic rings. The fourth-order valence-electron chi connectivity index (χ4n) is 0.923. The predicted molar refractivity (Wildman–Crippen MR) is 52.9 cm³/mol. The fourth-order valence-corrected chi connectivity index (χ4v) is 4.59. The maximum Gasteiger partial charge on any atom is 0.343 e. The molecule has 0 aromatic rings. The summed E-state index contributed by atoms with van der Waals surface area (Å²) >= 11 is 0. The van der Waals surface area contributed by atoms with E-state index in [9.17, 15) is 18.9 Å². The zero-order chi connectivity index (χ0) is 11.4. The van der Waals surface area contributed by atoms with Crippen molar-refractivity contribution in [1.29, 1.82) is 0 Å². The van der Waals surface area contributed by atoms with E-state index < -0.39 is 20.4 Å². The summed E-state index contributed by atoms with van der Waals surface area (Å²) in [6, 6.07) is 0. The second-order valence-corrected chi connectivity index (χ2v) is 7.79. The van der Waals surface area contributed by atoms with Gasteiger partial charge in [-0.3, -0.25) is 9.13 Å². The molecular weight excluding hydrogens is 230 g/mol. The maximum atomic E-state index is 11.5. The molecule has 0 saturated heterocycles. The first kappa shape index (κ1) is 14.3. The van der Waals surface area contributed by atoms with Crippen LogP contribution in [0.3, 0.4) is 0 Å². The zero-order valence-electron chi connectivity index (χ0n) is 8.41. The van der Waals surface area contributed by atoms with Crippen LogP contribution in [0, 0.1) is 0 Å². The van der Waals surface area contributed by atoms with Crippen LogP contribution in [0.25, 0.3) is 0 Å². The van der Waals surface area contributed by atoms with Gasteiger partial charge in [-0.15, -0.1) is 0 Å². The van der Waals surface area contributed by atoms with Crippen LogP contribution in [0.5, 0.6) is 0 Å². The molecule has 3 atom stereocenters. The molecular formula is C6H16O6P2. The van der Waals surface area contributed by atoms with Gasteiger partial charge in [-0.05, 0) is 6.92 Å². The summed E-state index contributed by atoms with van der Waals surface area (Å²) in [5, 5.41) is -1.38. The minimum atomic E-state index is -4.08. The van der Waals surface area contributed by atoms with E-state index in [1.807, 2.05) is 0 Å². The van der Waals surface area contributed by atoms with Gasteiger partial charge in [-0.1, -0.05) is 0 Å². The number of ether oxygens (including phenoxy) is 1. The highest BCUT2D eigenvalue weighted by molar-refractivity contribution is 7.73. The SMILES string of the molecule is CCOP(=O)(O)C(COC)P(C)(=O)O. The van der Waals surface area contributed by atoms with Crippen LogP contribution >= 0.6 is 15.0 Å². The van der Waals surface area contributed by atoms with E-state index in [2.05, 4.69) is 9.26 Å². The third kappa shape index (κ3) is 4.22. The van der Waals surface area contributed by atoms with Gasteiger partial charge in [-0.25, -0.2) is 0 Å². The lowest BCUT2D eigenvalue weighted by Gasteiger charge is -2.23. The Kier molecular flexibility index (Phi) is 5.52. The third-order valence-corrected chi connectivity index (χ3v) is 6.51. The molecule has 14 heavy (non-hydrogen) atoms. The molecule has 86 valence electrons. The molecule has 0 aromatic heterocycles. The number of hydrogen-bond acceptors (Lipinski definition) is 4. The molecule has 0 aliphatic carbocycles. The van der Waals surface area contributed by atoms with Crippen LogP contribution in [0.4, 0.5) is 0 Å². The quantitative estimate of drug-likeness (QED) is 0.681. The van der Waals surface area contributed by atoms with E-state index in [1.54, 1.807) is 0 Å². The minimum absolute atomic E-state index is 0.00793. The third-order valence-electron chi connectivity index (χ3n) is 1.56. The Morgan fingerprint density at radius 3 is 2.14 bits per heavy atom. The Bertz CT molecular complexity index is 259. The van der Waals surface area contributed by atoms with Gasteiger partial charge in [-0.2, -0.15) is 0 Å². The molecule has 6 nitrogen and oxygen atoms in total. The molecule has 2 N–H and O–H groups in total. The average Bonchev–Trinajstić information content (AvgIpc) is 1.97. The molecule has 0 spiro atoms. The second-order valence-electron chi connectivity index (χ2n) is 2.86. The molecule has 0 heterocycles. The highest BCUT2D eigenvalue weighted by atomic mass is 31.2. The molecule has 3 unspecified atom stereocenters. The highest BCUT2D eigenvalue weighted by Crippen LogP contribution is 2.62. The van der Waals surface area contributed by atoms with Gasteiger partial charge in [0.15, 0.2) is 5.40 Å². The topological polar surface area (TPSA) is 93.1 Å². The summed E-state index contributed by atoms with van der Waals surface area (Å²) < 4.78 is 31.9. The smallest absolute Gasteiger partial charge is 0.343 e. The van der Waals surface area contributed by atoms with Gasteiger partial charge in [0.2, 0.25) is 7.37 Å². The van der Waals surface area contributed by atoms with Crippen molar-refractivity contribution in [1.82, 2.24) is 0 Å². The lowest BCUT2D eigenvalue weighted by Crippen LogP contribution is -2.17. The molecule has 0 bridgehead atoms. The van der Waals surface area contributed by atoms with Crippen LogP contribution in [-0.4, -0.2) is 42.2 Å². The number of hydrogen-bond donors (Lipinski definition) is 2. The average molecular weight is 246 g/mol. The van der Waals surface area contributed by atoms with Gasteiger partial charge in [0.1, 0.15) is 0 Å². The summed E-state index contributed by atoms with van der Waals surface area (Å²) in [7, 11) is -6.50. The van der Waals surface area contributed by atoms with Gasteiger partial charge < -0.3 is 19.0 Å². The first-order valence-corrected chi connectivity index (χ1v) is 7.83. The molecule has 0 amide bonds. The van der Waals surface area contributed by atoms with E-state index in [0.717, 1.165) is 6.66 Å². The summed E-state index contributed by atoms with van der Waals surface area (Å²) in [5.41, 5.74) is 0. The molecule has 8 heteroatoms. The van der Waals surface area contributed by atoms with Crippen molar-refractivity contribution in [2.45, 2.75) is 12.3 Å². The van der Waals surface area contributed by atoms with E-state index in [0.29, 0.717) is 0 Å². The highest BCUT2D eigenvalue weighted by Gasteiger charge is 2.42. The fraction of sp³-hybridized carbons (Fsp3) is 1.00. The van der Waals surface area contributed by atoms with E-state index >= 15 is 0 Å². The Morgan fingerprint density at radius 2 is 1.86 bits per heavy atom. The lowest BCUT2D eigenvalue weighted by molar-refractivity contribution is 0.191. The first-order chi connectivity index (χ1) is 6.25. The normalized spacial score (nSPS) is 22.4. The Balaban J connectivity index is 4.82. The molecule has 0 saturated carbocycles. The first-order valence-electron chi connectivity index (χ1n) is 4.01. The molecule has 0 rings (SSSR count). The summed E-state index contributed by atoms with van der Waals surface area (Å²) in [5.74, 6) is 0. The monoisotopic (exact) mass is 246 g/mol. The standard InChI is InChI=1S/C6H16O6P2/c1-4-12-14(9,10)6(5-11-2)13(3,7)8/h6H,4-5H2,1-3H3,(H,7,8)(H,9,10). The van der Waals surface area contributed by atoms with Crippen molar-refractivity contribution in [2.75, 3.05) is 27.0 Å².